The van der Waals surface area contributed by atoms with Crippen molar-refractivity contribution in [3.63, 3.8) is 0 Å². The van der Waals surface area contributed by atoms with E-state index >= 15 is 0 Å². The zero-order valence-electron chi connectivity index (χ0n) is 13.0. The van der Waals surface area contributed by atoms with Crippen LogP contribution in [-0.2, 0) is 11.3 Å². The van der Waals surface area contributed by atoms with Crippen LogP contribution in [0.1, 0.15) is 12.0 Å². The van der Waals surface area contributed by atoms with Gasteiger partial charge in [-0.3, -0.25) is 15.1 Å². The molecule has 1 saturated heterocycles. The van der Waals surface area contributed by atoms with E-state index in [0.717, 1.165) is 32.1 Å². The molecule has 0 aliphatic carbocycles. The van der Waals surface area contributed by atoms with Gasteiger partial charge >= 0.3 is 0 Å². The summed E-state index contributed by atoms with van der Waals surface area (Å²) in [6.45, 7) is 2.95. The molecule has 0 saturated carbocycles. The first-order valence-electron chi connectivity index (χ1n) is 7.32. The molecule has 1 fully saturated rings. The number of nitrogens with zero attached hydrogens (tertiary/aromatic N) is 3. The van der Waals surface area contributed by atoms with Gasteiger partial charge < -0.3 is 15.0 Å². The zero-order chi connectivity index (χ0) is 15.9. The van der Waals surface area contributed by atoms with Crippen LogP contribution >= 0.6 is 0 Å². The number of para-hydroxylation sites is 1. The fourth-order valence-electron chi connectivity index (χ4n) is 2.74. The van der Waals surface area contributed by atoms with Crippen molar-refractivity contribution < 1.29 is 9.66 Å². The van der Waals surface area contributed by atoms with Gasteiger partial charge in [0.05, 0.1) is 11.5 Å². The summed E-state index contributed by atoms with van der Waals surface area (Å²) in [6.07, 6.45) is 1.07. The second-order valence-electron chi connectivity index (χ2n) is 5.34. The maximum absolute atomic E-state index is 11.0. The third-order valence-electron chi connectivity index (χ3n) is 3.82. The van der Waals surface area contributed by atoms with Gasteiger partial charge in [-0.05, 0) is 6.42 Å². The second kappa shape index (κ2) is 7.74. The number of nitrogens with one attached hydrogen (secondary N) is 1. The van der Waals surface area contributed by atoms with Crippen LogP contribution in [0.25, 0.3) is 0 Å². The minimum absolute atomic E-state index is 0.129. The first-order valence-corrected chi connectivity index (χ1v) is 7.32. The topological polar surface area (TPSA) is 80.0 Å². The van der Waals surface area contributed by atoms with Crippen molar-refractivity contribution in [2.45, 2.75) is 13.0 Å². The lowest BCUT2D eigenvalue weighted by atomic mass is 10.1. The number of nitro groups is 1. The SMILES string of the molecule is CN=C(NCc1ccccc1[N+](=O)[O-])N1CCC(COC)C1. The van der Waals surface area contributed by atoms with Crippen molar-refractivity contribution >= 4 is 11.6 Å². The van der Waals surface area contributed by atoms with Gasteiger partial charge in [-0.25, -0.2) is 0 Å². The number of likely N-dealkylation sites (tertiary alicyclic amines) is 1. The van der Waals surface area contributed by atoms with Gasteiger partial charge in [0, 0.05) is 51.3 Å². The Labute approximate surface area is 130 Å². The molecule has 0 spiro atoms. The van der Waals surface area contributed by atoms with Crippen LogP contribution in [0.5, 0.6) is 0 Å². The highest BCUT2D eigenvalue weighted by Gasteiger charge is 2.25. The molecule has 7 nitrogen and oxygen atoms in total. The number of hydrogen-bond donors (Lipinski definition) is 1. The van der Waals surface area contributed by atoms with E-state index < -0.39 is 0 Å². The van der Waals surface area contributed by atoms with Crippen molar-refractivity contribution in [3.05, 3.63) is 39.9 Å². The predicted octanol–water partition coefficient (Wildman–Crippen LogP) is 1.64. The highest BCUT2D eigenvalue weighted by Crippen LogP contribution is 2.19. The monoisotopic (exact) mass is 306 g/mol. The number of hydrogen-bond acceptors (Lipinski definition) is 4. The maximum Gasteiger partial charge on any atom is 0.274 e. The van der Waals surface area contributed by atoms with Crippen LogP contribution in [0.3, 0.4) is 0 Å². The molecule has 1 heterocycles. The summed E-state index contributed by atoms with van der Waals surface area (Å²) in [5, 5.41) is 14.2. The third-order valence-corrected chi connectivity index (χ3v) is 3.82. The number of methoxy groups -OCH3 is 1. The van der Waals surface area contributed by atoms with Crippen molar-refractivity contribution in [3.8, 4) is 0 Å². The number of nitro benzene ring substituents is 1. The average Bonchev–Trinajstić information content (AvgIpc) is 2.97. The summed E-state index contributed by atoms with van der Waals surface area (Å²) in [6, 6.07) is 6.75. The predicted molar refractivity (Wildman–Crippen MR) is 84.9 cm³/mol. The molecule has 1 aromatic carbocycles. The molecule has 0 aromatic heterocycles. The van der Waals surface area contributed by atoms with Crippen LogP contribution in [0.2, 0.25) is 0 Å². The van der Waals surface area contributed by atoms with E-state index in [1.165, 1.54) is 6.07 Å². The smallest absolute Gasteiger partial charge is 0.274 e. The number of benzene rings is 1. The van der Waals surface area contributed by atoms with Gasteiger partial charge in [-0.15, -0.1) is 0 Å². The van der Waals surface area contributed by atoms with Crippen molar-refractivity contribution in [1.82, 2.24) is 10.2 Å². The summed E-state index contributed by atoms with van der Waals surface area (Å²) in [4.78, 5) is 17.1. The van der Waals surface area contributed by atoms with E-state index in [4.69, 9.17) is 4.74 Å². The van der Waals surface area contributed by atoms with E-state index in [1.807, 2.05) is 0 Å². The zero-order valence-corrected chi connectivity index (χ0v) is 13.0. The normalized spacial score (nSPS) is 18.5. The van der Waals surface area contributed by atoms with E-state index in [-0.39, 0.29) is 10.6 Å². The molecule has 120 valence electrons. The molecule has 0 bridgehead atoms. The van der Waals surface area contributed by atoms with Gasteiger partial charge in [0.25, 0.3) is 5.69 Å². The van der Waals surface area contributed by atoms with Gasteiger partial charge in [-0.2, -0.15) is 0 Å². The second-order valence-corrected chi connectivity index (χ2v) is 5.34. The van der Waals surface area contributed by atoms with Crippen molar-refractivity contribution in [2.75, 3.05) is 33.9 Å². The molecule has 2 rings (SSSR count). The van der Waals surface area contributed by atoms with E-state index in [0.29, 0.717) is 18.0 Å². The molecule has 1 unspecified atom stereocenters. The molecule has 1 aliphatic rings. The van der Waals surface area contributed by atoms with Gasteiger partial charge in [0.1, 0.15) is 0 Å². The lowest BCUT2D eigenvalue weighted by molar-refractivity contribution is -0.385. The highest BCUT2D eigenvalue weighted by atomic mass is 16.6. The number of aliphatic imine (C=N–C) groups is 1. The number of ether oxygens (including phenoxy) is 1. The molecule has 1 atom stereocenters. The standard InChI is InChI=1S/C15H22N4O3/c1-16-15(18-8-7-12(10-18)11-22-2)17-9-13-5-3-4-6-14(13)19(20)21/h3-6,12H,7-11H2,1-2H3,(H,16,17). The lowest BCUT2D eigenvalue weighted by Gasteiger charge is -2.21. The quantitative estimate of drug-likeness (QED) is 0.387. The molecule has 0 radical (unpaired) electrons. The molecular formula is C15H22N4O3. The Morgan fingerprint density at radius 1 is 1.55 bits per heavy atom. The van der Waals surface area contributed by atoms with E-state index in [1.54, 1.807) is 32.4 Å². The number of guanidine groups is 1. The molecule has 1 aliphatic heterocycles. The third kappa shape index (κ3) is 3.94. The summed E-state index contributed by atoms with van der Waals surface area (Å²) >= 11 is 0. The summed E-state index contributed by atoms with van der Waals surface area (Å²) in [5.41, 5.74) is 0.783. The van der Waals surface area contributed by atoms with E-state index in [9.17, 15) is 10.1 Å². The Morgan fingerprint density at radius 3 is 3.00 bits per heavy atom. The minimum atomic E-state index is -0.357. The van der Waals surface area contributed by atoms with Crippen molar-refractivity contribution in [2.24, 2.45) is 10.9 Å². The van der Waals surface area contributed by atoms with Gasteiger partial charge in [0.2, 0.25) is 0 Å². The Kier molecular flexibility index (Phi) is 5.71. The Morgan fingerprint density at radius 2 is 2.32 bits per heavy atom. The molecule has 22 heavy (non-hydrogen) atoms. The fraction of sp³-hybridized carbons (Fsp3) is 0.533. The van der Waals surface area contributed by atoms with Crippen LogP contribution in [0, 0.1) is 16.0 Å². The molecule has 7 heteroatoms. The molecule has 0 amide bonds. The summed E-state index contributed by atoms with van der Waals surface area (Å²) < 4.78 is 5.20. The molecular weight excluding hydrogens is 284 g/mol. The average molecular weight is 306 g/mol. The maximum atomic E-state index is 11.0. The number of rotatable bonds is 5. The van der Waals surface area contributed by atoms with Crippen LogP contribution < -0.4 is 5.32 Å². The Hall–Kier alpha value is -2.15. The van der Waals surface area contributed by atoms with Gasteiger partial charge in [-0.1, -0.05) is 18.2 Å². The van der Waals surface area contributed by atoms with E-state index in [2.05, 4.69) is 15.2 Å². The summed E-state index contributed by atoms with van der Waals surface area (Å²) in [7, 11) is 3.44. The first kappa shape index (κ1) is 16.2. The molecule has 1 aromatic rings. The Balaban J connectivity index is 1.97. The minimum Gasteiger partial charge on any atom is -0.384 e. The van der Waals surface area contributed by atoms with Gasteiger partial charge in [0.15, 0.2) is 5.96 Å². The first-order chi connectivity index (χ1) is 10.7. The van der Waals surface area contributed by atoms with Crippen LogP contribution in [0.4, 0.5) is 5.69 Å². The van der Waals surface area contributed by atoms with Crippen LogP contribution in [0.15, 0.2) is 29.3 Å². The largest absolute Gasteiger partial charge is 0.384 e. The molecule has 1 N–H and O–H groups in total. The fourth-order valence-corrected chi connectivity index (χ4v) is 2.74. The van der Waals surface area contributed by atoms with Crippen LogP contribution in [-0.4, -0.2) is 49.6 Å². The highest BCUT2D eigenvalue weighted by molar-refractivity contribution is 5.80. The van der Waals surface area contributed by atoms with Crippen molar-refractivity contribution in [1.29, 1.82) is 0 Å². The lowest BCUT2D eigenvalue weighted by Crippen LogP contribution is -2.39. The Bertz CT molecular complexity index is 547. The summed E-state index contributed by atoms with van der Waals surface area (Å²) in [5.74, 6) is 1.28.